The van der Waals surface area contributed by atoms with Crippen LogP contribution < -0.4 is 22.0 Å². The van der Waals surface area contributed by atoms with E-state index in [0.29, 0.717) is 30.1 Å². The van der Waals surface area contributed by atoms with E-state index in [9.17, 15) is 9.59 Å². The molecular weight excluding hydrogens is 420 g/mol. The molecule has 174 valence electrons. The maximum Gasteiger partial charge on any atom is 0.280 e. The average molecular weight is 451 g/mol. The lowest BCUT2D eigenvalue weighted by Crippen LogP contribution is -2.31. The molecule has 0 aliphatic heterocycles. The Bertz CT molecular complexity index is 1170. The van der Waals surface area contributed by atoms with Gasteiger partial charge in [0.1, 0.15) is 11.2 Å². The fourth-order valence-corrected chi connectivity index (χ4v) is 4.24. The van der Waals surface area contributed by atoms with E-state index in [0.717, 1.165) is 43.4 Å². The van der Waals surface area contributed by atoms with Gasteiger partial charge in [0.05, 0.1) is 12.0 Å². The highest BCUT2D eigenvalue weighted by molar-refractivity contribution is 5.96. The number of pyridine rings is 1. The van der Waals surface area contributed by atoms with Crippen molar-refractivity contribution in [2.45, 2.75) is 51.5 Å². The number of amides is 1. The molecule has 1 aliphatic carbocycles. The Labute approximate surface area is 192 Å². The van der Waals surface area contributed by atoms with Crippen molar-refractivity contribution in [2.24, 2.45) is 5.73 Å². The van der Waals surface area contributed by atoms with E-state index >= 15 is 0 Å². The Kier molecular flexibility index (Phi) is 7.31. The Morgan fingerprint density at radius 2 is 1.97 bits per heavy atom. The second-order valence-electron chi connectivity index (χ2n) is 8.23. The van der Waals surface area contributed by atoms with Crippen molar-refractivity contribution in [3.8, 4) is 0 Å². The summed E-state index contributed by atoms with van der Waals surface area (Å²) in [5.74, 6) is -0.169. The summed E-state index contributed by atoms with van der Waals surface area (Å²) in [6.07, 6.45) is 9.27. The number of rotatable bonds is 8. The van der Waals surface area contributed by atoms with Crippen LogP contribution in [0.25, 0.3) is 11.0 Å². The normalized spacial score (nSPS) is 14.4. The fourth-order valence-electron chi connectivity index (χ4n) is 4.24. The molecule has 1 amide bonds. The van der Waals surface area contributed by atoms with Crippen LogP contribution >= 0.6 is 0 Å². The SMILES string of the molecule is CCONC(=O)c1cn(C2CCCCC2)c2nc(Nc3ccc(CCN)cc3)ncc2c1=O. The lowest BCUT2D eigenvalue weighted by molar-refractivity contribution is 0.0363. The maximum atomic E-state index is 13.1. The predicted molar refractivity (Wildman–Crippen MR) is 127 cm³/mol. The van der Waals surface area contributed by atoms with Crippen molar-refractivity contribution < 1.29 is 9.63 Å². The molecule has 9 heteroatoms. The minimum atomic E-state index is -0.562. The second-order valence-corrected chi connectivity index (χ2v) is 8.23. The molecule has 33 heavy (non-hydrogen) atoms. The number of fused-ring (bicyclic) bond motifs is 1. The number of nitrogens with zero attached hydrogens (tertiary/aromatic N) is 3. The van der Waals surface area contributed by atoms with Crippen LogP contribution in [0.4, 0.5) is 11.6 Å². The van der Waals surface area contributed by atoms with Crippen LogP contribution in [-0.2, 0) is 11.3 Å². The quantitative estimate of drug-likeness (QED) is 0.450. The zero-order chi connectivity index (χ0) is 23.2. The summed E-state index contributed by atoms with van der Waals surface area (Å²) in [4.78, 5) is 39.7. The number of benzene rings is 1. The smallest absolute Gasteiger partial charge is 0.280 e. The van der Waals surface area contributed by atoms with E-state index in [2.05, 4.69) is 20.8 Å². The van der Waals surface area contributed by atoms with Crippen LogP contribution in [-0.4, -0.2) is 33.6 Å². The molecule has 0 radical (unpaired) electrons. The number of aromatic nitrogens is 3. The highest BCUT2D eigenvalue weighted by Crippen LogP contribution is 2.30. The number of anilines is 2. The van der Waals surface area contributed by atoms with Gasteiger partial charge in [-0.05, 0) is 50.4 Å². The summed E-state index contributed by atoms with van der Waals surface area (Å²) in [5.41, 5.74) is 10.1. The van der Waals surface area contributed by atoms with Gasteiger partial charge < -0.3 is 15.6 Å². The van der Waals surface area contributed by atoms with Crippen molar-refractivity contribution >= 4 is 28.6 Å². The molecule has 2 heterocycles. The molecule has 1 saturated carbocycles. The number of carbonyl (C=O) groups excluding carboxylic acids is 1. The van der Waals surface area contributed by atoms with Crippen molar-refractivity contribution in [3.63, 3.8) is 0 Å². The van der Waals surface area contributed by atoms with E-state index in [-0.39, 0.29) is 11.6 Å². The molecular formula is C24H30N6O3. The molecule has 1 fully saturated rings. The van der Waals surface area contributed by atoms with E-state index < -0.39 is 11.3 Å². The van der Waals surface area contributed by atoms with Gasteiger partial charge >= 0.3 is 0 Å². The molecule has 1 aromatic carbocycles. The summed E-state index contributed by atoms with van der Waals surface area (Å²) in [7, 11) is 0. The Morgan fingerprint density at radius 3 is 2.67 bits per heavy atom. The first-order chi connectivity index (χ1) is 16.1. The molecule has 3 aromatic rings. The number of hydroxylamine groups is 1. The zero-order valence-corrected chi connectivity index (χ0v) is 18.8. The molecule has 0 atom stereocenters. The minimum absolute atomic E-state index is 0.0290. The first-order valence-corrected chi connectivity index (χ1v) is 11.5. The van der Waals surface area contributed by atoms with Gasteiger partial charge in [0.2, 0.25) is 11.4 Å². The number of carbonyl (C=O) groups is 1. The van der Waals surface area contributed by atoms with Crippen LogP contribution in [0.2, 0.25) is 0 Å². The molecule has 0 unspecified atom stereocenters. The Balaban J connectivity index is 1.73. The summed E-state index contributed by atoms with van der Waals surface area (Å²) in [6.45, 7) is 2.67. The lowest BCUT2D eigenvalue weighted by atomic mass is 9.95. The van der Waals surface area contributed by atoms with Crippen molar-refractivity contribution in [1.82, 2.24) is 20.0 Å². The lowest BCUT2D eigenvalue weighted by Gasteiger charge is -2.26. The first-order valence-electron chi connectivity index (χ1n) is 11.5. The van der Waals surface area contributed by atoms with Crippen LogP contribution in [0.15, 0.2) is 41.5 Å². The summed E-state index contributed by atoms with van der Waals surface area (Å²) in [6, 6.07) is 8.09. The van der Waals surface area contributed by atoms with Crippen molar-refractivity contribution in [1.29, 1.82) is 0 Å². The van der Waals surface area contributed by atoms with E-state index in [1.54, 1.807) is 13.1 Å². The average Bonchev–Trinajstić information content (AvgIpc) is 2.85. The molecule has 0 spiro atoms. The monoisotopic (exact) mass is 450 g/mol. The van der Waals surface area contributed by atoms with E-state index in [1.807, 2.05) is 28.8 Å². The largest absolute Gasteiger partial charge is 0.330 e. The van der Waals surface area contributed by atoms with Crippen LogP contribution in [0.5, 0.6) is 0 Å². The second kappa shape index (κ2) is 10.5. The molecule has 0 bridgehead atoms. The maximum absolute atomic E-state index is 13.1. The van der Waals surface area contributed by atoms with Crippen molar-refractivity contribution in [3.05, 3.63) is 58.0 Å². The van der Waals surface area contributed by atoms with Crippen molar-refractivity contribution in [2.75, 3.05) is 18.5 Å². The zero-order valence-electron chi connectivity index (χ0n) is 18.8. The van der Waals surface area contributed by atoms with Gasteiger partial charge in [0, 0.05) is 24.1 Å². The standard InChI is InChI=1S/C24H30N6O3/c1-2-33-29-23(32)20-15-30(18-6-4-3-5-7-18)22-19(21(20)31)14-26-24(28-22)27-17-10-8-16(9-11-17)12-13-25/h8-11,14-15,18H,2-7,12-13,25H2,1H3,(H,29,32)(H,26,27,28). The summed E-state index contributed by atoms with van der Waals surface area (Å²) < 4.78 is 1.97. The summed E-state index contributed by atoms with van der Waals surface area (Å²) >= 11 is 0. The number of nitrogens with two attached hydrogens (primary N) is 1. The fraction of sp³-hybridized carbons (Fsp3) is 0.417. The third kappa shape index (κ3) is 5.20. The third-order valence-corrected chi connectivity index (χ3v) is 5.94. The molecule has 4 rings (SSSR count). The van der Waals surface area contributed by atoms with Gasteiger partial charge in [-0.3, -0.25) is 14.4 Å². The molecule has 4 N–H and O–H groups in total. The number of hydrogen-bond donors (Lipinski definition) is 3. The van der Waals surface area contributed by atoms with Crippen LogP contribution in [0, 0.1) is 0 Å². The molecule has 9 nitrogen and oxygen atoms in total. The highest BCUT2D eigenvalue weighted by Gasteiger charge is 2.22. The topological polar surface area (TPSA) is 124 Å². The third-order valence-electron chi connectivity index (χ3n) is 5.94. The van der Waals surface area contributed by atoms with E-state index in [4.69, 9.17) is 10.6 Å². The van der Waals surface area contributed by atoms with Gasteiger partial charge in [-0.1, -0.05) is 31.4 Å². The van der Waals surface area contributed by atoms with Gasteiger partial charge in [0.25, 0.3) is 5.91 Å². The first kappa shape index (κ1) is 22.9. The number of nitrogens with one attached hydrogen (secondary N) is 2. The number of hydrogen-bond acceptors (Lipinski definition) is 7. The van der Waals surface area contributed by atoms with Gasteiger partial charge in [0.15, 0.2) is 0 Å². The minimum Gasteiger partial charge on any atom is -0.330 e. The van der Waals surface area contributed by atoms with Gasteiger partial charge in [-0.2, -0.15) is 4.98 Å². The van der Waals surface area contributed by atoms with Gasteiger partial charge in [-0.15, -0.1) is 0 Å². The van der Waals surface area contributed by atoms with E-state index in [1.165, 1.54) is 12.6 Å². The molecule has 1 aliphatic rings. The van der Waals surface area contributed by atoms with Crippen LogP contribution in [0.1, 0.15) is 61.0 Å². The molecule has 2 aromatic heterocycles. The Hall–Kier alpha value is -3.30. The Morgan fingerprint density at radius 1 is 1.21 bits per heavy atom. The van der Waals surface area contributed by atoms with Crippen LogP contribution in [0.3, 0.4) is 0 Å². The molecule has 0 saturated heterocycles. The predicted octanol–water partition coefficient (Wildman–Crippen LogP) is 3.22. The highest BCUT2D eigenvalue weighted by atomic mass is 16.6. The summed E-state index contributed by atoms with van der Waals surface area (Å²) in [5, 5.41) is 3.53. The van der Waals surface area contributed by atoms with Gasteiger partial charge in [-0.25, -0.2) is 10.5 Å².